The van der Waals surface area contributed by atoms with Gasteiger partial charge in [-0.1, -0.05) is 6.92 Å². The van der Waals surface area contributed by atoms with Gasteiger partial charge in [0.2, 0.25) is 0 Å². The predicted octanol–water partition coefficient (Wildman–Crippen LogP) is 3.72. The molecule has 2 aromatic heterocycles. The molecule has 0 aliphatic carbocycles. The maximum absolute atomic E-state index is 6.08. The van der Waals surface area contributed by atoms with Crippen LogP contribution in [0.25, 0.3) is 11.0 Å². The summed E-state index contributed by atoms with van der Waals surface area (Å²) in [6.45, 7) is 2.89. The molecule has 3 aromatic rings. The number of aromatic nitrogens is 4. The Morgan fingerprint density at radius 3 is 2.86 bits per heavy atom. The number of halogens is 2. The zero-order valence-electron chi connectivity index (χ0n) is 12.0. The summed E-state index contributed by atoms with van der Waals surface area (Å²) in [5.41, 5.74) is 4.48. The van der Waals surface area contributed by atoms with Gasteiger partial charge in [0.1, 0.15) is 5.82 Å². The van der Waals surface area contributed by atoms with Crippen LogP contribution in [0.2, 0.25) is 0 Å². The number of benzene rings is 1. The number of hydrogen-bond donors (Lipinski definition) is 0. The molecule has 1 aromatic carbocycles. The summed E-state index contributed by atoms with van der Waals surface area (Å²) >= 11 is 8.39. The van der Waals surface area contributed by atoms with Crippen LogP contribution in [0.3, 0.4) is 0 Å². The standard InChI is InChI=1S/C15H16ClIN4/c1-3-12-10(8-20(2)19-12)9-21-14-5-4-11(17)6-13(14)18-15(21)7-16/h4-6,8H,3,7,9H2,1-2H3. The second kappa shape index (κ2) is 5.96. The van der Waals surface area contributed by atoms with Gasteiger partial charge < -0.3 is 4.57 Å². The predicted molar refractivity (Wildman–Crippen MR) is 93.7 cm³/mol. The van der Waals surface area contributed by atoms with Crippen LogP contribution in [-0.2, 0) is 25.9 Å². The smallest absolute Gasteiger partial charge is 0.125 e. The Hall–Kier alpha value is -1.08. The Bertz CT molecular complexity index is 790. The fourth-order valence-electron chi connectivity index (χ4n) is 2.61. The zero-order valence-corrected chi connectivity index (χ0v) is 14.9. The third-order valence-corrected chi connectivity index (χ3v) is 4.47. The first-order chi connectivity index (χ1) is 10.1. The van der Waals surface area contributed by atoms with Crippen molar-refractivity contribution in [2.24, 2.45) is 7.05 Å². The van der Waals surface area contributed by atoms with Crippen LogP contribution in [-0.4, -0.2) is 19.3 Å². The molecular weight excluding hydrogens is 399 g/mol. The number of aryl methyl sites for hydroxylation is 2. The maximum Gasteiger partial charge on any atom is 0.125 e. The van der Waals surface area contributed by atoms with E-state index in [9.17, 15) is 0 Å². The van der Waals surface area contributed by atoms with Crippen molar-refractivity contribution >= 4 is 45.2 Å². The van der Waals surface area contributed by atoms with Crippen LogP contribution in [0.5, 0.6) is 0 Å². The van der Waals surface area contributed by atoms with Crippen LogP contribution in [0.15, 0.2) is 24.4 Å². The van der Waals surface area contributed by atoms with Gasteiger partial charge >= 0.3 is 0 Å². The third kappa shape index (κ3) is 2.81. The molecule has 21 heavy (non-hydrogen) atoms. The van der Waals surface area contributed by atoms with Gasteiger partial charge in [-0.2, -0.15) is 5.10 Å². The van der Waals surface area contributed by atoms with E-state index in [2.05, 4.69) is 68.6 Å². The van der Waals surface area contributed by atoms with Crippen LogP contribution >= 0.6 is 34.2 Å². The Morgan fingerprint density at radius 1 is 1.33 bits per heavy atom. The van der Waals surface area contributed by atoms with Crippen molar-refractivity contribution < 1.29 is 0 Å². The highest BCUT2D eigenvalue weighted by molar-refractivity contribution is 14.1. The van der Waals surface area contributed by atoms with E-state index in [1.165, 1.54) is 9.13 Å². The molecule has 0 saturated heterocycles. The van der Waals surface area contributed by atoms with Gasteiger partial charge in [-0.05, 0) is 47.2 Å². The monoisotopic (exact) mass is 414 g/mol. The molecule has 0 spiro atoms. The molecule has 4 nitrogen and oxygen atoms in total. The molecular formula is C15H16ClIN4. The van der Waals surface area contributed by atoms with Crippen molar-refractivity contribution in [3.8, 4) is 0 Å². The van der Waals surface area contributed by atoms with Crippen LogP contribution in [0, 0.1) is 3.57 Å². The number of imidazole rings is 1. The first-order valence-electron chi connectivity index (χ1n) is 6.84. The van der Waals surface area contributed by atoms with Crippen LogP contribution < -0.4 is 0 Å². The normalized spacial score (nSPS) is 11.4. The van der Waals surface area contributed by atoms with E-state index in [0.717, 1.165) is 35.5 Å². The van der Waals surface area contributed by atoms with E-state index < -0.39 is 0 Å². The molecule has 6 heteroatoms. The minimum atomic E-state index is 0.410. The lowest BCUT2D eigenvalue weighted by Gasteiger charge is -2.07. The lowest BCUT2D eigenvalue weighted by molar-refractivity contribution is 0.746. The second-order valence-electron chi connectivity index (χ2n) is 5.01. The molecule has 0 bridgehead atoms. The van der Waals surface area contributed by atoms with Gasteiger partial charge in [-0.3, -0.25) is 4.68 Å². The zero-order chi connectivity index (χ0) is 15.0. The summed E-state index contributed by atoms with van der Waals surface area (Å²) in [6, 6.07) is 6.30. The maximum atomic E-state index is 6.08. The molecule has 3 rings (SSSR count). The van der Waals surface area contributed by atoms with Crippen molar-refractivity contribution in [2.45, 2.75) is 25.8 Å². The topological polar surface area (TPSA) is 35.6 Å². The highest BCUT2D eigenvalue weighted by Gasteiger charge is 2.13. The highest BCUT2D eigenvalue weighted by atomic mass is 127. The number of rotatable bonds is 4. The molecule has 0 N–H and O–H groups in total. The van der Waals surface area contributed by atoms with E-state index in [0.29, 0.717) is 5.88 Å². The summed E-state index contributed by atoms with van der Waals surface area (Å²) in [5.74, 6) is 1.31. The Balaban J connectivity index is 2.10. The number of alkyl halides is 1. The molecule has 0 radical (unpaired) electrons. The number of hydrogen-bond acceptors (Lipinski definition) is 2. The van der Waals surface area contributed by atoms with E-state index in [4.69, 9.17) is 11.6 Å². The fraction of sp³-hybridized carbons (Fsp3) is 0.333. The first kappa shape index (κ1) is 14.8. The van der Waals surface area contributed by atoms with Gasteiger partial charge in [0.15, 0.2) is 0 Å². The molecule has 0 fully saturated rings. The minimum Gasteiger partial charge on any atom is -0.322 e. The van der Waals surface area contributed by atoms with Crippen molar-refractivity contribution in [2.75, 3.05) is 0 Å². The van der Waals surface area contributed by atoms with Gasteiger partial charge in [-0.15, -0.1) is 11.6 Å². The largest absolute Gasteiger partial charge is 0.322 e. The van der Waals surface area contributed by atoms with E-state index in [1.54, 1.807) is 0 Å². The summed E-state index contributed by atoms with van der Waals surface area (Å²) in [6.07, 6.45) is 3.01. The Labute approximate surface area is 142 Å². The van der Waals surface area contributed by atoms with Crippen molar-refractivity contribution in [1.29, 1.82) is 0 Å². The molecule has 0 aliphatic rings. The molecule has 110 valence electrons. The highest BCUT2D eigenvalue weighted by Crippen LogP contribution is 2.22. The first-order valence-corrected chi connectivity index (χ1v) is 8.45. The van der Waals surface area contributed by atoms with Crippen molar-refractivity contribution in [3.05, 3.63) is 45.0 Å². The minimum absolute atomic E-state index is 0.410. The summed E-state index contributed by atoms with van der Waals surface area (Å²) < 4.78 is 5.24. The molecule has 0 atom stereocenters. The third-order valence-electron chi connectivity index (χ3n) is 3.56. The quantitative estimate of drug-likeness (QED) is 0.482. The SMILES string of the molecule is CCc1nn(C)cc1Cn1c(CCl)nc2cc(I)ccc21. The average Bonchev–Trinajstić information content (AvgIpc) is 2.99. The van der Waals surface area contributed by atoms with Crippen molar-refractivity contribution in [3.63, 3.8) is 0 Å². The molecule has 0 amide bonds. The van der Waals surface area contributed by atoms with Gasteiger partial charge in [0.25, 0.3) is 0 Å². The fourth-order valence-corrected chi connectivity index (χ4v) is 3.29. The Kier molecular flexibility index (Phi) is 4.21. The number of nitrogens with zero attached hydrogens (tertiary/aromatic N) is 4. The molecule has 0 unspecified atom stereocenters. The van der Waals surface area contributed by atoms with Gasteiger partial charge in [-0.25, -0.2) is 4.98 Å². The van der Waals surface area contributed by atoms with Gasteiger partial charge in [0, 0.05) is 22.4 Å². The molecule has 2 heterocycles. The molecule has 0 aliphatic heterocycles. The average molecular weight is 415 g/mol. The lowest BCUT2D eigenvalue weighted by Crippen LogP contribution is -2.05. The molecule has 0 saturated carbocycles. The van der Waals surface area contributed by atoms with E-state index in [1.807, 2.05) is 11.7 Å². The van der Waals surface area contributed by atoms with Crippen LogP contribution in [0.4, 0.5) is 0 Å². The summed E-state index contributed by atoms with van der Waals surface area (Å²) in [5, 5.41) is 4.51. The number of fused-ring (bicyclic) bond motifs is 1. The van der Waals surface area contributed by atoms with Gasteiger partial charge in [0.05, 0.1) is 29.2 Å². The summed E-state index contributed by atoms with van der Waals surface area (Å²) in [7, 11) is 1.96. The second-order valence-corrected chi connectivity index (χ2v) is 6.52. The summed E-state index contributed by atoms with van der Waals surface area (Å²) in [4.78, 5) is 4.65. The lowest BCUT2D eigenvalue weighted by atomic mass is 10.2. The van der Waals surface area contributed by atoms with Crippen molar-refractivity contribution in [1.82, 2.24) is 19.3 Å². The van der Waals surface area contributed by atoms with E-state index in [-0.39, 0.29) is 0 Å². The Morgan fingerprint density at radius 2 is 2.14 bits per heavy atom. The van der Waals surface area contributed by atoms with E-state index >= 15 is 0 Å². The van der Waals surface area contributed by atoms with Crippen LogP contribution in [0.1, 0.15) is 24.0 Å².